The van der Waals surface area contributed by atoms with E-state index in [1.54, 1.807) is 31.1 Å². The lowest BCUT2D eigenvalue weighted by molar-refractivity contribution is 0.567. The fourth-order valence-electron chi connectivity index (χ4n) is 0.739. The molecule has 68 valence electrons. The van der Waals surface area contributed by atoms with E-state index in [4.69, 9.17) is 0 Å². The quantitative estimate of drug-likeness (QED) is 0.669. The monoisotopic (exact) mass is 176 g/mol. The van der Waals surface area contributed by atoms with E-state index in [2.05, 4.69) is 21.3 Å². The second kappa shape index (κ2) is 5.94. The molecule has 0 amide bonds. The highest BCUT2D eigenvalue weighted by Gasteiger charge is 1.82. The first-order valence-corrected chi connectivity index (χ1v) is 4.15. The van der Waals surface area contributed by atoms with E-state index in [9.17, 15) is 0 Å². The van der Waals surface area contributed by atoms with Gasteiger partial charge in [-0.25, -0.2) is 0 Å². The summed E-state index contributed by atoms with van der Waals surface area (Å²) in [5.41, 5.74) is 1.05. The van der Waals surface area contributed by atoms with Crippen LogP contribution in [0, 0.1) is 0 Å². The molecule has 2 rings (SSSR count). The molecule has 0 aliphatic carbocycles. The summed E-state index contributed by atoms with van der Waals surface area (Å²) in [4.78, 5) is 7.93. The van der Waals surface area contributed by atoms with Gasteiger partial charge in [0.15, 0.2) is 0 Å². The summed E-state index contributed by atoms with van der Waals surface area (Å²) >= 11 is 0. The van der Waals surface area contributed by atoms with Crippen LogP contribution in [-0.4, -0.2) is 9.97 Å². The van der Waals surface area contributed by atoms with E-state index in [-0.39, 0.29) is 0 Å². The van der Waals surface area contributed by atoms with Crippen molar-refractivity contribution in [1.82, 2.24) is 9.97 Å². The van der Waals surface area contributed by atoms with Crippen molar-refractivity contribution in [2.24, 2.45) is 0 Å². The molecule has 0 unspecified atom stereocenters. The number of aryl methyl sites for hydroxylation is 1. The minimum Gasteiger partial charge on any atom is -0.473 e. The summed E-state index contributed by atoms with van der Waals surface area (Å²) in [6.07, 6.45) is 9.38. The predicted octanol–water partition coefficient (Wildman–Crippen LogP) is 2.32. The smallest absolute Gasteiger partial charge is 0.0902 e. The molecule has 3 nitrogen and oxygen atoms in total. The van der Waals surface area contributed by atoms with Crippen molar-refractivity contribution in [3.8, 4) is 0 Å². The average molecular weight is 176 g/mol. The summed E-state index contributed by atoms with van der Waals surface area (Å²) < 4.78 is 4.58. The molecule has 0 atom stereocenters. The van der Waals surface area contributed by atoms with Gasteiger partial charge in [0.1, 0.15) is 0 Å². The predicted molar refractivity (Wildman–Crippen MR) is 50.1 cm³/mol. The fourth-order valence-corrected chi connectivity index (χ4v) is 0.739. The molecule has 0 aliphatic heterocycles. The molecular weight excluding hydrogens is 164 g/mol. The van der Waals surface area contributed by atoms with Gasteiger partial charge in [-0.1, -0.05) is 6.92 Å². The Bertz CT molecular complexity index is 275. The molecule has 0 saturated carbocycles. The Morgan fingerprint density at radius 3 is 2.31 bits per heavy atom. The van der Waals surface area contributed by atoms with Crippen LogP contribution in [0.15, 0.2) is 47.7 Å². The number of hydrogen-bond acceptors (Lipinski definition) is 3. The molecule has 0 N–H and O–H groups in total. The van der Waals surface area contributed by atoms with Gasteiger partial charge >= 0.3 is 0 Å². The molecule has 0 saturated heterocycles. The third kappa shape index (κ3) is 4.06. The summed E-state index contributed by atoms with van der Waals surface area (Å²) in [5, 5.41) is 0. The molecule has 3 heteroatoms. The number of furan rings is 1. The van der Waals surface area contributed by atoms with Crippen LogP contribution in [-0.2, 0) is 6.42 Å². The Morgan fingerprint density at radius 2 is 2.00 bits per heavy atom. The average Bonchev–Trinajstić information content (AvgIpc) is 2.77. The molecule has 0 spiro atoms. The number of rotatable bonds is 1. The lowest BCUT2D eigenvalue weighted by Crippen LogP contribution is -1.84. The van der Waals surface area contributed by atoms with Gasteiger partial charge in [0, 0.05) is 18.6 Å². The van der Waals surface area contributed by atoms with Crippen LogP contribution < -0.4 is 0 Å². The molecule has 0 aliphatic rings. The summed E-state index contributed by atoms with van der Waals surface area (Å²) in [5.74, 6) is 0. The van der Waals surface area contributed by atoms with Gasteiger partial charge in [0.2, 0.25) is 0 Å². The molecule has 13 heavy (non-hydrogen) atoms. The zero-order valence-corrected chi connectivity index (χ0v) is 7.55. The van der Waals surface area contributed by atoms with Crippen LogP contribution in [0.4, 0.5) is 0 Å². The number of nitrogens with zero attached hydrogens (tertiary/aromatic N) is 2. The van der Waals surface area contributed by atoms with Crippen molar-refractivity contribution in [3.63, 3.8) is 0 Å². The van der Waals surface area contributed by atoms with Gasteiger partial charge in [0.05, 0.1) is 18.2 Å². The van der Waals surface area contributed by atoms with E-state index in [1.165, 1.54) is 0 Å². The Kier molecular flexibility index (Phi) is 4.32. The highest BCUT2D eigenvalue weighted by Crippen LogP contribution is 1.87. The van der Waals surface area contributed by atoms with E-state index in [1.807, 2.05) is 12.1 Å². The van der Waals surface area contributed by atoms with Gasteiger partial charge in [-0.15, -0.1) is 0 Å². The molecule has 0 aromatic carbocycles. The minimum absolute atomic E-state index is 0.966. The maximum absolute atomic E-state index is 4.58. The zero-order valence-electron chi connectivity index (χ0n) is 7.55. The van der Waals surface area contributed by atoms with E-state index >= 15 is 0 Å². The Labute approximate surface area is 77.5 Å². The first-order chi connectivity index (χ1) is 6.43. The molecule has 0 radical (unpaired) electrons. The third-order valence-corrected chi connectivity index (χ3v) is 1.40. The molecule has 0 fully saturated rings. The molecule has 2 aromatic rings. The lowest BCUT2D eigenvalue weighted by Gasteiger charge is -1.88. The molecular formula is C10H12N2O. The molecule has 2 aromatic heterocycles. The van der Waals surface area contributed by atoms with Crippen molar-refractivity contribution in [3.05, 3.63) is 48.9 Å². The van der Waals surface area contributed by atoms with Crippen LogP contribution >= 0.6 is 0 Å². The Hall–Kier alpha value is -1.64. The highest BCUT2D eigenvalue weighted by atomic mass is 16.3. The van der Waals surface area contributed by atoms with Crippen molar-refractivity contribution < 1.29 is 4.42 Å². The fraction of sp³-hybridized carbons (Fsp3) is 0.200. The summed E-state index contributed by atoms with van der Waals surface area (Å²) in [6.45, 7) is 2.06. The third-order valence-electron chi connectivity index (χ3n) is 1.40. The topological polar surface area (TPSA) is 38.9 Å². The van der Waals surface area contributed by atoms with Crippen molar-refractivity contribution in [1.29, 1.82) is 0 Å². The number of hydrogen-bond donors (Lipinski definition) is 0. The van der Waals surface area contributed by atoms with Gasteiger partial charge in [-0.2, -0.15) is 0 Å². The number of aromatic nitrogens is 2. The van der Waals surface area contributed by atoms with Crippen LogP contribution in [0.25, 0.3) is 0 Å². The second-order valence-electron chi connectivity index (χ2n) is 2.34. The molecule has 2 heterocycles. The first kappa shape index (κ1) is 9.45. The van der Waals surface area contributed by atoms with Crippen LogP contribution in [0.2, 0.25) is 0 Å². The van der Waals surface area contributed by atoms with Gasteiger partial charge < -0.3 is 4.42 Å². The maximum atomic E-state index is 4.58. The van der Waals surface area contributed by atoms with Crippen molar-refractivity contribution >= 4 is 0 Å². The standard InChI is InChI=1S/C6H8N2.C4H4O/c1-2-6-5-7-3-4-8-6;1-2-4-5-3-1/h3-5H,2H2,1H3;1-4H. The van der Waals surface area contributed by atoms with Gasteiger partial charge in [-0.3, -0.25) is 9.97 Å². The lowest BCUT2D eigenvalue weighted by atomic mass is 10.4. The maximum Gasteiger partial charge on any atom is 0.0902 e. The summed E-state index contributed by atoms with van der Waals surface area (Å²) in [7, 11) is 0. The minimum atomic E-state index is 0.966. The largest absolute Gasteiger partial charge is 0.473 e. The highest BCUT2D eigenvalue weighted by molar-refractivity contribution is 4.92. The SMILES string of the molecule is CCc1cnccn1.c1ccoc1. The van der Waals surface area contributed by atoms with Crippen molar-refractivity contribution in [2.45, 2.75) is 13.3 Å². The van der Waals surface area contributed by atoms with Crippen molar-refractivity contribution in [2.75, 3.05) is 0 Å². The Morgan fingerprint density at radius 1 is 1.23 bits per heavy atom. The van der Waals surface area contributed by atoms with Gasteiger partial charge in [-0.05, 0) is 18.6 Å². The van der Waals surface area contributed by atoms with Crippen LogP contribution in [0.5, 0.6) is 0 Å². The second-order valence-corrected chi connectivity index (χ2v) is 2.34. The zero-order chi connectivity index (χ0) is 9.36. The first-order valence-electron chi connectivity index (χ1n) is 4.15. The Balaban J connectivity index is 0.000000145. The normalized spacial score (nSPS) is 8.69. The summed E-state index contributed by atoms with van der Waals surface area (Å²) in [6, 6.07) is 3.67. The molecule has 0 bridgehead atoms. The van der Waals surface area contributed by atoms with Gasteiger partial charge in [0.25, 0.3) is 0 Å². The van der Waals surface area contributed by atoms with Crippen LogP contribution in [0.3, 0.4) is 0 Å². The van der Waals surface area contributed by atoms with E-state index in [0.717, 1.165) is 12.1 Å². The van der Waals surface area contributed by atoms with E-state index in [0.29, 0.717) is 0 Å². The van der Waals surface area contributed by atoms with Crippen LogP contribution in [0.1, 0.15) is 12.6 Å². The van der Waals surface area contributed by atoms with E-state index < -0.39 is 0 Å².